The first-order valence-corrected chi connectivity index (χ1v) is 7.70. The van der Waals surface area contributed by atoms with E-state index in [9.17, 15) is 14.7 Å². The summed E-state index contributed by atoms with van der Waals surface area (Å²) in [4.78, 5) is 25.3. The Hall–Kier alpha value is -1.08. The summed E-state index contributed by atoms with van der Waals surface area (Å²) in [6.45, 7) is 1.12. The molecule has 1 amide bonds. The molecular weight excluding hydrogens is 394 g/mol. The molecule has 1 aliphatic heterocycles. The van der Waals surface area contributed by atoms with Crippen molar-refractivity contribution in [1.29, 1.82) is 0 Å². The minimum absolute atomic E-state index is 0.0143. The number of likely N-dealkylation sites (tertiary alicyclic amines) is 1. The minimum atomic E-state index is -0.725. The van der Waals surface area contributed by atoms with Crippen LogP contribution in [0, 0.1) is 0 Å². The SMILES string of the molecule is O=C(OCC(=O)N1CCCC1)c1cc(Br)cc(Br)c1O. The number of benzene rings is 1. The molecule has 0 spiro atoms. The predicted octanol–water partition coefficient (Wildman–Crippen LogP) is 2.70. The number of carbonyl (C=O) groups is 2. The second-order valence-corrected chi connectivity index (χ2v) is 6.22. The van der Waals surface area contributed by atoms with E-state index in [1.807, 2.05) is 0 Å². The summed E-state index contributed by atoms with van der Waals surface area (Å²) < 4.78 is 5.97. The van der Waals surface area contributed by atoms with E-state index in [0.29, 0.717) is 22.0 Å². The molecule has 1 N–H and O–H groups in total. The van der Waals surface area contributed by atoms with Gasteiger partial charge in [-0.25, -0.2) is 4.79 Å². The maximum absolute atomic E-state index is 11.9. The fourth-order valence-electron chi connectivity index (χ4n) is 1.98. The van der Waals surface area contributed by atoms with Crippen LogP contribution in [0.3, 0.4) is 0 Å². The lowest BCUT2D eigenvalue weighted by molar-refractivity contribution is -0.133. The maximum Gasteiger partial charge on any atom is 0.342 e. The molecule has 1 heterocycles. The number of rotatable bonds is 3. The first-order chi connectivity index (χ1) is 9.49. The quantitative estimate of drug-likeness (QED) is 0.783. The number of amides is 1. The van der Waals surface area contributed by atoms with Crippen molar-refractivity contribution in [3.63, 3.8) is 0 Å². The van der Waals surface area contributed by atoms with Gasteiger partial charge in [-0.15, -0.1) is 0 Å². The Balaban J connectivity index is 2.00. The highest BCUT2D eigenvalue weighted by Gasteiger charge is 2.21. The molecule has 0 saturated carbocycles. The number of esters is 1. The predicted molar refractivity (Wildman–Crippen MR) is 79.6 cm³/mol. The monoisotopic (exact) mass is 405 g/mol. The molecular formula is C13H13Br2NO4. The molecule has 0 unspecified atom stereocenters. The van der Waals surface area contributed by atoms with Gasteiger partial charge in [0.05, 0.1) is 4.47 Å². The lowest BCUT2D eigenvalue weighted by Gasteiger charge is -2.15. The van der Waals surface area contributed by atoms with E-state index in [0.717, 1.165) is 12.8 Å². The average Bonchev–Trinajstić information content (AvgIpc) is 2.93. The number of halogens is 2. The van der Waals surface area contributed by atoms with E-state index in [1.54, 1.807) is 11.0 Å². The van der Waals surface area contributed by atoms with Gasteiger partial charge in [0.2, 0.25) is 0 Å². The van der Waals surface area contributed by atoms with Gasteiger partial charge in [-0.3, -0.25) is 4.79 Å². The van der Waals surface area contributed by atoms with Crippen LogP contribution < -0.4 is 0 Å². The molecule has 1 fully saturated rings. The Morgan fingerprint density at radius 3 is 2.55 bits per heavy atom. The fraction of sp³-hybridized carbons (Fsp3) is 0.385. The van der Waals surface area contributed by atoms with Gasteiger partial charge >= 0.3 is 5.97 Å². The van der Waals surface area contributed by atoms with Crippen molar-refractivity contribution in [2.45, 2.75) is 12.8 Å². The molecule has 7 heteroatoms. The van der Waals surface area contributed by atoms with Crippen LogP contribution in [0.15, 0.2) is 21.1 Å². The topological polar surface area (TPSA) is 66.8 Å². The summed E-state index contributed by atoms with van der Waals surface area (Å²) in [5.74, 6) is -1.13. The van der Waals surface area contributed by atoms with Crippen molar-refractivity contribution < 1.29 is 19.4 Å². The van der Waals surface area contributed by atoms with Crippen LogP contribution in [0.25, 0.3) is 0 Å². The number of hydrogen-bond donors (Lipinski definition) is 1. The van der Waals surface area contributed by atoms with Crippen LogP contribution >= 0.6 is 31.9 Å². The zero-order chi connectivity index (χ0) is 14.7. The van der Waals surface area contributed by atoms with Crippen molar-refractivity contribution in [1.82, 2.24) is 4.90 Å². The number of carbonyl (C=O) groups excluding carboxylic acids is 2. The van der Waals surface area contributed by atoms with Crippen molar-refractivity contribution >= 4 is 43.7 Å². The molecule has 108 valence electrons. The Kier molecular flexibility index (Phi) is 5.04. The van der Waals surface area contributed by atoms with Crippen LogP contribution in [-0.4, -0.2) is 41.6 Å². The lowest BCUT2D eigenvalue weighted by Crippen LogP contribution is -2.32. The Labute approximate surface area is 133 Å². The van der Waals surface area contributed by atoms with Gasteiger partial charge in [-0.2, -0.15) is 0 Å². The van der Waals surface area contributed by atoms with Gasteiger partial charge in [0.1, 0.15) is 11.3 Å². The van der Waals surface area contributed by atoms with Gasteiger partial charge in [-0.1, -0.05) is 15.9 Å². The van der Waals surface area contributed by atoms with Crippen molar-refractivity contribution in [2.75, 3.05) is 19.7 Å². The van der Waals surface area contributed by atoms with E-state index in [2.05, 4.69) is 31.9 Å². The number of hydrogen-bond acceptors (Lipinski definition) is 4. The first-order valence-electron chi connectivity index (χ1n) is 6.12. The normalized spacial score (nSPS) is 14.4. The third kappa shape index (κ3) is 3.52. The van der Waals surface area contributed by atoms with Crippen LogP contribution in [0.5, 0.6) is 5.75 Å². The lowest BCUT2D eigenvalue weighted by atomic mass is 10.2. The van der Waals surface area contributed by atoms with Gasteiger partial charge < -0.3 is 14.7 Å². The van der Waals surface area contributed by atoms with Crippen molar-refractivity contribution in [3.05, 3.63) is 26.6 Å². The summed E-state index contributed by atoms with van der Waals surface area (Å²) in [5, 5.41) is 9.81. The van der Waals surface area contributed by atoms with Gasteiger partial charge in [0.25, 0.3) is 5.91 Å². The molecule has 20 heavy (non-hydrogen) atoms. The molecule has 0 atom stereocenters. The van der Waals surface area contributed by atoms with Crippen molar-refractivity contribution in [2.24, 2.45) is 0 Å². The summed E-state index contributed by atoms with van der Waals surface area (Å²) >= 11 is 6.36. The molecule has 1 aromatic carbocycles. The van der Waals surface area contributed by atoms with Gasteiger partial charge in [0, 0.05) is 17.6 Å². The standard InChI is InChI=1S/C13H13Br2NO4/c14-8-5-9(12(18)10(15)6-8)13(19)20-7-11(17)16-3-1-2-4-16/h5-6,18H,1-4,7H2. The summed E-state index contributed by atoms with van der Waals surface area (Å²) in [5.41, 5.74) is 0.0143. The third-order valence-electron chi connectivity index (χ3n) is 3.03. The summed E-state index contributed by atoms with van der Waals surface area (Å²) in [6, 6.07) is 3.06. The van der Waals surface area contributed by atoms with E-state index in [1.165, 1.54) is 6.07 Å². The number of ether oxygens (including phenoxy) is 1. The Morgan fingerprint density at radius 2 is 1.90 bits per heavy atom. The largest absolute Gasteiger partial charge is 0.506 e. The van der Waals surface area contributed by atoms with Crippen LogP contribution in [0.4, 0.5) is 0 Å². The first kappa shape index (κ1) is 15.3. The fourth-order valence-corrected chi connectivity index (χ4v) is 3.21. The molecule has 1 aliphatic rings. The molecule has 0 bridgehead atoms. The molecule has 2 rings (SSSR count). The highest BCUT2D eigenvalue weighted by atomic mass is 79.9. The highest BCUT2D eigenvalue weighted by Crippen LogP contribution is 2.32. The minimum Gasteiger partial charge on any atom is -0.506 e. The number of phenolic OH excluding ortho intramolecular Hbond substituents is 1. The van der Waals surface area contributed by atoms with E-state index < -0.39 is 5.97 Å². The Morgan fingerprint density at radius 1 is 1.25 bits per heavy atom. The van der Waals surface area contributed by atoms with E-state index in [4.69, 9.17) is 4.74 Å². The molecule has 0 radical (unpaired) electrons. The van der Waals surface area contributed by atoms with E-state index >= 15 is 0 Å². The van der Waals surface area contributed by atoms with Crippen LogP contribution in [-0.2, 0) is 9.53 Å². The van der Waals surface area contributed by atoms with Gasteiger partial charge in [0.15, 0.2) is 6.61 Å². The third-order valence-corrected chi connectivity index (χ3v) is 4.10. The Bertz CT molecular complexity index is 541. The smallest absolute Gasteiger partial charge is 0.342 e. The van der Waals surface area contributed by atoms with E-state index in [-0.39, 0.29) is 23.8 Å². The zero-order valence-corrected chi connectivity index (χ0v) is 13.7. The zero-order valence-electron chi connectivity index (χ0n) is 10.6. The summed E-state index contributed by atoms with van der Waals surface area (Å²) in [7, 11) is 0. The van der Waals surface area contributed by atoms with Gasteiger partial charge in [-0.05, 0) is 40.9 Å². The average molecular weight is 407 g/mol. The molecule has 5 nitrogen and oxygen atoms in total. The highest BCUT2D eigenvalue weighted by molar-refractivity contribution is 9.11. The summed E-state index contributed by atoms with van der Waals surface area (Å²) in [6.07, 6.45) is 1.97. The van der Waals surface area contributed by atoms with Crippen LogP contribution in [0.1, 0.15) is 23.2 Å². The molecule has 0 aromatic heterocycles. The van der Waals surface area contributed by atoms with Crippen LogP contribution in [0.2, 0.25) is 0 Å². The number of aromatic hydroxyl groups is 1. The molecule has 1 aromatic rings. The van der Waals surface area contributed by atoms with Crippen molar-refractivity contribution in [3.8, 4) is 5.75 Å². The molecule has 0 aliphatic carbocycles. The second kappa shape index (κ2) is 6.58. The second-order valence-electron chi connectivity index (χ2n) is 4.45. The number of nitrogens with zero attached hydrogens (tertiary/aromatic N) is 1. The maximum atomic E-state index is 11.9. The molecule has 1 saturated heterocycles. The number of phenols is 1.